The summed E-state index contributed by atoms with van der Waals surface area (Å²) in [5, 5.41) is 23.9. The molecule has 0 saturated carbocycles. The van der Waals surface area contributed by atoms with Crippen LogP contribution in [0.3, 0.4) is 0 Å². The maximum atomic E-state index is 12.7. The second-order valence-electron chi connectivity index (χ2n) is 24.3. The molecular weight excluding hydrogens is 941 g/mol. The van der Waals surface area contributed by atoms with Crippen LogP contribution in [0.2, 0.25) is 0 Å². The fraction of sp³-hybridized carbons (Fsp3) is 0.257. The topological polar surface area (TPSA) is 84.0 Å². The summed E-state index contributed by atoms with van der Waals surface area (Å²) in [5.74, 6) is 1.27. The molecule has 0 radical (unpaired) electrons. The van der Waals surface area contributed by atoms with Crippen LogP contribution in [0.5, 0.6) is 5.75 Å². The number of para-hydroxylation sites is 3. The number of phenols is 1. The van der Waals surface area contributed by atoms with Crippen molar-refractivity contribution in [2.24, 2.45) is 0 Å². The van der Waals surface area contributed by atoms with E-state index >= 15 is 0 Å². The molecule has 0 fully saturated rings. The molecule has 7 nitrogen and oxygen atoms in total. The standard InChI is InChI=1S/C70H68N6O/c1-42(2)52-37-46(44-24-17-15-18-25-44)38-53(43(3)4)64(52)76-61-31-23-28-51(63(61)74-67(76)62-55(41-71)58(72-14)40-56(65(62)77)70(11,12)13)47-34-48(36-50(35-47)69(8,9)10)66-73-57-29-21-22-30-60(57)75(66)59-33-32-49(68(5,6)7)39-54(59)45-26-19-16-20-27-45/h15-40,42-43,77H,1-13H3. The summed E-state index contributed by atoms with van der Waals surface area (Å²) in [6.45, 7) is 36.8. The summed E-state index contributed by atoms with van der Waals surface area (Å²) < 4.78 is 4.50. The lowest BCUT2D eigenvalue weighted by atomic mass is 9.83. The van der Waals surface area contributed by atoms with Crippen LogP contribution in [-0.2, 0) is 16.2 Å². The molecule has 0 spiro atoms. The van der Waals surface area contributed by atoms with E-state index in [-0.39, 0.29) is 45.2 Å². The molecule has 7 heteroatoms. The Morgan fingerprint density at radius 1 is 0.532 bits per heavy atom. The molecule has 2 aromatic heterocycles. The predicted octanol–water partition coefficient (Wildman–Crippen LogP) is 19.0. The van der Waals surface area contributed by atoms with Crippen molar-refractivity contribution >= 4 is 27.8 Å². The van der Waals surface area contributed by atoms with Gasteiger partial charge in [-0.05, 0) is 139 Å². The molecular formula is C70H68N6O. The highest BCUT2D eigenvalue weighted by Gasteiger charge is 2.32. The third kappa shape index (κ3) is 9.40. The van der Waals surface area contributed by atoms with Gasteiger partial charge in [0.2, 0.25) is 5.69 Å². The first-order valence-electron chi connectivity index (χ1n) is 26.9. The molecule has 2 heterocycles. The maximum Gasteiger partial charge on any atom is 0.205 e. The largest absolute Gasteiger partial charge is 0.507 e. The zero-order valence-corrected chi connectivity index (χ0v) is 46.8. The van der Waals surface area contributed by atoms with E-state index < -0.39 is 5.41 Å². The normalized spacial score (nSPS) is 12.2. The van der Waals surface area contributed by atoms with E-state index in [1.807, 2.05) is 32.9 Å². The number of benzene rings is 8. The number of aromatic hydroxyl groups is 1. The summed E-state index contributed by atoms with van der Waals surface area (Å²) in [4.78, 5) is 15.1. The smallest absolute Gasteiger partial charge is 0.205 e. The molecule has 8 aromatic carbocycles. The summed E-state index contributed by atoms with van der Waals surface area (Å²) in [5.41, 5.74) is 17.3. The molecule has 0 atom stereocenters. The van der Waals surface area contributed by atoms with Gasteiger partial charge in [0.05, 0.1) is 57.2 Å². The quantitative estimate of drug-likeness (QED) is 0.146. The highest BCUT2D eigenvalue weighted by Crippen LogP contribution is 2.49. The van der Waals surface area contributed by atoms with Crippen molar-refractivity contribution in [2.45, 2.75) is 118 Å². The summed E-state index contributed by atoms with van der Waals surface area (Å²) >= 11 is 0. The van der Waals surface area contributed by atoms with Gasteiger partial charge < -0.3 is 5.11 Å². The Kier molecular flexibility index (Phi) is 13.2. The number of nitriles is 1. The van der Waals surface area contributed by atoms with Crippen LogP contribution in [0.25, 0.3) is 94.4 Å². The molecule has 384 valence electrons. The molecule has 10 rings (SSSR count). The van der Waals surface area contributed by atoms with Gasteiger partial charge in [-0.1, -0.05) is 187 Å². The van der Waals surface area contributed by atoms with Gasteiger partial charge in [0.25, 0.3) is 0 Å². The molecule has 0 aliphatic rings. The van der Waals surface area contributed by atoms with Crippen molar-refractivity contribution in [2.75, 3.05) is 0 Å². The van der Waals surface area contributed by atoms with Gasteiger partial charge in [0.15, 0.2) is 0 Å². The average Bonchev–Trinajstić information content (AvgIpc) is 4.10. The number of fused-ring (bicyclic) bond motifs is 2. The zero-order valence-electron chi connectivity index (χ0n) is 46.8. The third-order valence-electron chi connectivity index (χ3n) is 15.1. The van der Waals surface area contributed by atoms with Crippen LogP contribution in [0.1, 0.15) is 135 Å². The van der Waals surface area contributed by atoms with Gasteiger partial charge >= 0.3 is 0 Å². The Morgan fingerprint density at radius 2 is 1.13 bits per heavy atom. The van der Waals surface area contributed by atoms with Crippen molar-refractivity contribution in [3.05, 3.63) is 203 Å². The van der Waals surface area contributed by atoms with Crippen molar-refractivity contribution in [3.63, 3.8) is 0 Å². The van der Waals surface area contributed by atoms with Crippen LogP contribution in [0.15, 0.2) is 158 Å². The van der Waals surface area contributed by atoms with Crippen molar-refractivity contribution in [1.29, 1.82) is 5.26 Å². The van der Waals surface area contributed by atoms with Crippen molar-refractivity contribution in [3.8, 4) is 79.3 Å². The minimum atomic E-state index is -0.575. The second kappa shape index (κ2) is 19.6. The molecule has 10 aromatic rings. The minimum Gasteiger partial charge on any atom is -0.507 e. The number of nitrogens with zero attached hydrogens (tertiary/aromatic N) is 6. The molecule has 0 aliphatic carbocycles. The molecule has 0 aliphatic heterocycles. The number of hydrogen-bond acceptors (Lipinski definition) is 4. The van der Waals surface area contributed by atoms with E-state index in [2.05, 4.69) is 229 Å². The first-order chi connectivity index (χ1) is 36.6. The van der Waals surface area contributed by atoms with Crippen LogP contribution in [-0.4, -0.2) is 24.2 Å². The third-order valence-corrected chi connectivity index (χ3v) is 15.1. The van der Waals surface area contributed by atoms with Gasteiger partial charge in [0, 0.05) is 16.7 Å². The Morgan fingerprint density at radius 3 is 1.73 bits per heavy atom. The molecule has 77 heavy (non-hydrogen) atoms. The Hall–Kier alpha value is -8.52. The lowest BCUT2D eigenvalue weighted by Crippen LogP contribution is -2.13. The maximum absolute atomic E-state index is 12.7. The summed E-state index contributed by atoms with van der Waals surface area (Å²) in [6, 6.07) is 58.1. The van der Waals surface area contributed by atoms with E-state index in [0.717, 1.165) is 89.4 Å². The zero-order chi connectivity index (χ0) is 54.9. The van der Waals surface area contributed by atoms with Gasteiger partial charge in [-0.3, -0.25) is 9.13 Å². The Bertz CT molecular complexity index is 3980. The minimum absolute atomic E-state index is 0.0562. The van der Waals surface area contributed by atoms with E-state index in [9.17, 15) is 10.4 Å². The van der Waals surface area contributed by atoms with Gasteiger partial charge in [-0.2, -0.15) is 5.26 Å². The SMILES string of the molecule is [C-]#[N+]c1cc(C(C)(C)C)c(O)c(-c2nc3c(-c4cc(-c5nc6ccccc6n5-c5ccc(C(C)(C)C)cc5-c5ccccc5)cc(C(C)(C)C)c4)cccc3n2-c2c(C(C)C)cc(-c3ccccc3)cc2C(C)C)c1C#N. The van der Waals surface area contributed by atoms with E-state index in [4.69, 9.17) is 16.5 Å². The van der Waals surface area contributed by atoms with Crippen molar-refractivity contribution in [1.82, 2.24) is 19.1 Å². The fourth-order valence-electron chi connectivity index (χ4n) is 10.8. The monoisotopic (exact) mass is 1010 g/mol. The van der Waals surface area contributed by atoms with Gasteiger partial charge in [-0.15, -0.1) is 0 Å². The Labute approximate surface area is 455 Å². The van der Waals surface area contributed by atoms with Crippen LogP contribution in [0.4, 0.5) is 5.69 Å². The van der Waals surface area contributed by atoms with E-state index in [0.29, 0.717) is 16.9 Å². The first kappa shape index (κ1) is 51.9. The average molecular weight is 1010 g/mol. The highest BCUT2D eigenvalue weighted by molar-refractivity contribution is 5.99. The Balaban J connectivity index is 1.32. The summed E-state index contributed by atoms with van der Waals surface area (Å²) in [7, 11) is 0. The van der Waals surface area contributed by atoms with Crippen molar-refractivity contribution < 1.29 is 5.11 Å². The van der Waals surface area contributed by atoms with E-state index in [1.165, 1.54) is 5.56 Å². The van der Waals surface area contributed by atoms with Crippen LogP contribution >= 0.6 is 0 Å². The lowest BCUT2D eigenvalue weighted by Gasteiger charge is -2.26. The molecule has 0 saturated heterocycles. The van der Waals surface area contributed by atoms with Crippen LogP contribution in [0, 0.1) is 17.9 Å². The number of rotatable bonds is 9. The highest BCUT2D eigenvalue weighted by atomic mass is 16.3. The number of hydrogen-bond donors (Lipinski definition) is 1. The summed E-state index contributed by atoms with van der Waals surface area (Å²) in [6.07, 6.45) is 0. The first-order valence-corrected chi connectivity index (χ1v) is 26.9. The van der Waals surface area contributed by atoms with Gasteiger partial charge in [-0.25, -0.2) is 14.8 Å². The molecule has 0 unspecified atom stereocenters. The lowest BCUT2D eigenvalue weighted by molar-refractivity contribution is 0.448. The van der Waals surface area contributed by atoms with Gasteiger partial charge in [0.1, 0.15) is 17.4 Å². The molecule has 0 amide bonds. The molecule has 1 N–H and O–H groups in total. The predicted molar refractivity (Wildman–Crippen MR) is 320 cm³/mol. The number of aromatic nitrogens is 4. The fourth-order valence-corrected chi connectivity index (χ4v) is 10.8. The number of phenolic OH excluding ortho intramolecular Hbond substituents is 1. The second-order valence-corrected chi connectivity index (χ2v) is 24.3. The number of imidazole rings is 2. The molecule has 0 bridgehead atoms. The van der Waals surface area contributed by atoms with Crippen LogP contribution < -0.4 is 0 Å². The van der Waals surface area contributed by atoms with E-state index in [1.54, 1.807) is 6.07 Å².